The Kier molecular flexibility index (Phi) is 5.79. The number of aliphatic imine (C=N–C) groups is 1. The quantitative estimate of drug-likeness (QED) is 0.411. The summed E-state index contributed by atoms with van der Waals surface area (Å²) in [7, 11) is 0. The molecule has 0 heterocycles. The molecule has 0 saturated heterocycles. The fraction of sp³-hybridized carbons (Fsp3) is 0.444. The van der Waals surface area contributed by atoms with Crippen LogP contribution in [0.5, 0.6) is 0 Å². The van der Waals surface area contributed by atoms with Crippen molar-refractivity contribution in [2.75, 3.05) is 6.61 Å². The van der Waals surface area contributed by atoms with Crippen LogP contribution in [0.25, 0.3) is 0 Å². The maximum atomic E-state index is 11.2. The van der Waals surface area contributed by atoms with E-state index in [1.807, 2.05) is 0 Å². The van der Waals surface area contributed by atoms with E-state index in [2.05, 4.69) is 4.99 Å². The summed E-state index contributed by atoms with van der Waals surface area (Å²) in [5.74, 6) is -0.965. The molecule has 0 aromatic carbocycles. The molecule has 0 aromatic heterocycles. The van der Waals surface area contributed by atoms with Gasteiger partial charge in [0.25, 0.3) is 0 Å². The molecule has 0 spiro atoms. The number of hydrogen-bond acceptors (Lipinski definition) is 3. The summed E-state index contributed by atoms with van der Waals surface area (Å²) in [5.41, 5.74) is 1.41. The summed E-state index contributed by atoms with van der Waals surface area (Å²) >= 11 is 5.42. The monoisotopic (exact) mass is 217 g/mol. The van der Waals surface area contributed by atoms with Crippen molar-refractivity contribution in [3.05, 3.63) is 11.1 Å². The summed E-state index contributed by atoms with van der Waals surface area (Å²) < 4.78 is 4.71. The largest absolute Gasteiger partial charge is 0.462 e. The van der Waals surface area contributed by atoms with Crippen LogP contribution in [-0.2, 0) is 14.3 Å². The third-order valence-electron chi connectivity index (χ3n) is 1.32. The number of ether oxygens (including phenoxy) is 1. The maximum absolute atomic E-state index is 11.2. The predicted molar refractivity (Wildman–Crippen MR) is 54.4 cm³/mol. The number of amides is 1. The van der Waals surface area contributed by atoms with Crippen molar-refractivity contribution in [3.8, 4) is 0 Å². The lowest BCUT2D eigenvalue weighted by Gasteiger charge is -2.04. The van der Waals surface area contributed by atoms with E-state index in [-0.39, 0.29) is 23.8 Å². The van der Waals surface area contributed by atoms with Gasteiger partial charge in [-0.25, -0.2) is 9.79 Å². The van der Waals surface area contributed by atoms with Crippen molar-refractivity contribution < 1.29 is 14.3 Å². The smallest absolute Gasteiger partial charge is 0.340 e. The van der Waals surface area contributed by atoms with Crippen molar-refractivity contribution in [1.82, 2.24) is 0 Å². The minimum absolute atomic E-state index is 0.101. The molecular weight excluding hydrogens is 206 g/mol. The normalized spacial score (nSPS) is 12.6. The van der Waals surface area contributed by atoms with Crippen LogP contribution < -0.4 is 0 Å². The molecule has 0 N–H and O–H groups in total. The fourth-order valence-electron chi connectivity index (χ4n) is 0.776. The molecule has 78 valence electrons. The summed E-state index contributed by atoms with van der Waals surface area (Å²) in [6.07, 6.45) is 0. The van der Waals surface area contributed by atoms with E-state index >= 15 is 0 Å². The van der Waals surface area contributed by atoms with Crippen molar-refractivity contribution in [3.63, 3.8) is 0 Å². The second-order valence-electron chi connectivity index (χ2n) is 2.46. The molecule has 1 amide bonds. The summed E-state index contributed by atoms with van der Waals surface area (Å²) in [6, 6.07) is 0. The first kappa shape index (κ1) is 12.8. The molecule has 0 aliphatic rings. The molecule has 0 aliphatic carbocycles. The Morgan fingerprint density at radius 2 is 2.00 bits per heavy atom. The Hall–Kier alpha value is -1.16. The van der Waals surface area contributed by atoms with Crippen LogP contribution >= 0.6 is 11.6 Å². The minimum Gasteiger partial charge on any atom is -0.462 e. The van der Waals surface area contributed by atoms with Crippen LogP contribution in [0.1, 0.15) is 20.8 Å². The van der Waals surface area contributed by atoms with Gasteiger partial charge in [0.2, 0.25) is 5.91 Å². The van der Waals surface area contributed by atoms with Gasteiger partial charge in [-0.05, 0) is 13.8 Å². The van der Waals surface area contributed by atoms with E-state index in [0.29, 0.717) is 0 Å². The van der Waals surface area contributed by atoms with Crippen LogP contribution in [0.3, 0.4) is 0 Å². The van der Waals surface area contributed by atoms with Crippen LogP contribution in [0, 0.1) is 0 Å². The van der Waals surface area contributed by atoms with Gasteiger partial charge in [-0.3, -0.25) is 4.79 Å². The van der Waals surface area contributed by atoms with Gasteiger partial charge in [0.15, 0.2) is 0 Å². The van der Waals surface area contributed by atoms with E-state index in [9.17, 15) is 9.59 Å². The highest BCUT2D eigenvalue weighted by molar-refractivity contribution is 6.33. The van der Waals surface area contributed by atoms with Crippen LogP contribution in [0.2, 0.25) is 0 Å². The maximum Gasteiger partial charge on any atom is 0.340 e. The Morgan fingerprint density at radius 1 is 1.43 bits per heavy atom. The average molecular weight is 218 g/mol. The zero-order valence-electron chi connectivity index (χ0n) is 8.33. The number of halogens is 1. The molecule has 4 nitrogen and oxygen atoms in total. The van der Waals surface area contributed by atoms with Gasteiger partial charge < -0.3 is 4.74 Å². The molecule has 0 radical (unpaired) electrons. The number of rotatable bonds is 3. The Labute approximate surface area is 87.6 Å². The molecule has 0 rings (SSSR count). The van der Waals surface area contributed by atoms with E-state index < -0.39 is 5.97 Å². The first-order valence-electron chi connectivity index (χ1n) is 4.06. The molecule has 0 aromatic rings. The van der Waals surface area contributed by atoms with Crippen LogP contribution in [0.4, 0.5) is 0 Å². The van der Waals surface area contributed by atoms with E-state index in [1.54, 1.807) is 6.92 Å². The number of esters is 1. The Balaban J connectivity index is 4.75. The molecule has 0 atom stereocenters. The van der Waals surface area contributed by atoms with Gasteiger partial charge in [-0.1, -0.05) is 11.6 Å². The van der Waals surface area contributed by atoms with Crippen molar-refractivity contribution >= 4 is 29.2 Å². The summed E-state index contributed by atoms with van der Waals surface area (Å²) in [6.45, 7) is 4.74. The molecule has 0 fully saturated rings. The first-order chi connectivity index (χ1) is 6.52. The summed E-state index contributed by atoms with van der Waals surface area (Å²) in [5, 5.41) is 0. The minimum atomic E-state index is -0.579. The van der Waals surface area contributed by atoms with Crippen molar-refractivity contribution in [1.29, 1.82) is 0 Å². The number of carbonyl (C=O) groups excluding carboxylic acids is 2. The lowest BCUT2D eigenvalue weighted by atomic mass is 10.2. The van der Waals surface area contributed by atoms with E-state index in [0.717, 1.165) is 5.54 Å². The molecular formula is C9H12ClNO3. The Morgan fingerprint density at radius 3 is 2.36 bits per heavy atom. The van der Waals surface area contributed by atoms with Gasteiger partial charge in [0.05, 0.1) is 17.9 Å². The van der Waals surface area contributed by atoms with Gasteiger partial charge in [0.1, 0.15) is 0 Å². The highest BCUT2D eigenvalue weighted by Crippen LogP contribution is 2.04. The Bertz CT molecular complexity index is 294. The highest BCUT2D eigenvalue weighted by atomic mass is 35.5. The lowest BCUT2D eigenvalue weighted by Crippen LogP contribution is -2.14. The van der Waals surface area contributed by atoms with E-state index in [4.69, 9.17) is 16.3 Å². The second-order valence-corrected chi connectivity index (χ2v) is 2.68. The second kappa shape index (κ2) is 6.32. The highest BCUT2D eigenvalue weighted by Gasteiger charge is 2.13. The van der Waals surface area contributed by atoms with Gasteiger partial charge in [-0.15, -0.1) is 0 Å². The lowest BCUT2D eigenvalue weighted by molar-refractivity contribution is -0.137. The third kappa shape index (κ3) is 4.18. The predicted octanol–water partition coefficient (Wildman–Crippen LogP) is 1.68. The zero-order chi connectivity index (χ0) is 11.1. The average Bonchev–Trinajstić information content (AvgIpc) is 2.04. The standard InChI is InChI=1S/C9H12ClNO3/c1-4-14-9(13)8(5-10)6(2)11-7(3)12/h5H,4H2,1-3H3/b8-5-,11-6?. The first-order valence-corrected chi connectivity index (χ1v) is 4.50. The topological polar surface area (TPSA) is 55.7 Å². The van der Waals surface area contributed by atoms with Gasteiger partial charge >= 0.3 is 5.97 Å². The van der Waals surface area contributed by atoms with Crippen molar-refractivity contribution in [2.45, 2.75) is 20.8 Å². The molecule has 0 unspecified atom stereocenters. The SMILES string of the molecule is CCOC(=O)/C(=C\Cl)C(C)=NC(C)=O. The van der Waals surface area contributed by atoms with E-state index in [1.165, 1.54) is 13.8 Å². The number of carbonyl (C=O) groups is 2. The fourth-order valence-corrected chi connectivity index (χ4v) is 1.02. The van der Waals surface area contributed by atoms with Gasteiger partial charge in [-0.2, -0.15) is 0 Å². The molecule has 5 heteroatoms. The summed E-state index contributed by atoms with van der Waals surface area (Å²) in [4.78, 5) is 25.5. The molecule has 0 aliphatic heterocycles. The van der Waals surface area contributed by atoms with Crippen molar-refractivity contribution in [2.24, 2.45) is 4.99 Å². The molecule has 0 saturated carbocycles. The van der Waals surface area contributed by atoms with Crippen LogP contribution in [-0.4, -0.2) is 24.2 Å². The zero-order valence-corrected chi connectivity index (χ0v) is 9.09. The number of hydrogen-bond donors (Lipinski definition) is 0. The number of nitrogens with zero attached hydrogens (tertiary/aromatic N) is 1. The third-order valence-corrected chi connectivity index (χ3v) is 1.54. The molecule has 0 bridgehead atoms. The van der Waals surface area contributed by atoms with Gasteiger partial charge in [0, 0.05) is 12.5 Å². The molecule has 14 heavy (non-hydrogen) atoms. The van der Waals surface area contributed by atoms with Crippen LogP contribution in [0.15, 0.2) is 16.1 Å².